The Kier molecular flexibility index (Phi) is 4.48. The van der Waals surface area contributed by atoms with Crippen molar-refractivity contribution in [2.24, 2.45) is 0 Å². The normalized spacial score (nSPS) is 13.8. The minimum Gasteiger partial charge on any atom is -0.465 e. The fourth-order valence-corrected chi connectivity index (χ4v) is 3.39. The third-order valence-corrected chi connectivity index (χ3v) is 4.89. The van der Waals surface area contributed by atoms with Crippen LogP contribution in [0.3, 0.4) is 0 Å². The second kappa shape index (κ2) is 7.46. The van der Waals surface area contributed by atoms with Crippen molar-refractivity contribution < 1.29 is 23.5 Å². The van der Waals surface area contributed by atoms with E-state index in [9.17, 15) is 9.59 Å². The number of ketones is 1. The van der Waals surface area contributed by atoms with Gasteiger partial charge in [0.1, 0.15) is 11.4 Å². The monoisotopic (exact) mass is 412 g/mol. The summed E-state index contributed by atoms with van der Waals surface area (Å²) in [6.07, 6.45) is 5.00. The summed E-state index contributed by atoms with van der Waals surface area (Å²) < 4.78 is 17.7. The van der Waals surface area contributed by atoms with Crippen LogP contribution in [0, 0.1) is 0 Å². The number of methoxy groups -OCH3 is 1. The molecule has 0 atom stereocenters. The number of benzene rings is 2. The van der Waals surface area contributed by atoms with Gasteiger partial charge in [-0.3, -0.25) is 4.79 Å². The van der Waals surface area contributed by atoms with Gasteiger partial charge in [0.15, 0.2) is 11.5 Å². The SMILES string of the molecule is COC(=O)c1ccc2c(c1)C(=O)C(=Cc1cn(-c3ccccc3)nc1-c1ccco1)O2. The molecule has 0 aliphatic carbocycles. The summed E-state index contributed by atoms with van der Waals surface area (Å²) in [5.41, 5.74) is 2.69. The van der Waals surface area contributed by atoms with Crippen LogP contribution >= 0.6 is 0 Å². The lowest BCUT2D eigenvalue weighted by Crippen LogP contribution is -2.03. The predicted octanol–water partition coefficient (Wildman–Crippen LogP) is 4.54. The number of carbonyl (C=O) groups is 2. The highest BCUT2D eigenvalue weighted by atomic mass is 16.5. The molecule has 3 heterocycles. The number of carbonyl (C=O) groups excluding carboxylic acids is 2. The molecule has 1 aliphatic heterocycles. The van der Waals surface area contributed by atoms with Crippen molar-refractivity contribution in [1.82, 2.24) is 9.78 Å². The molecule has 0 saturated carbocycles. The molecule has 0 amide bonds. The van der Waals surface area contributed by atoms with Crippen molar-refractivity contribution in [3.63, 3.8) is 0 Å². The number of nitrogens with zero attached hydrogens (tertiary/aromatic N) is 2. The maximum absolute atomic E-state index is 12.9. The molecule has 5 rings (SSSR count). The highest BCUT2D eigenvalue weighted by molar-refractivity contribution is 6.15. The van der Waals surface area contributed by atoms with E-state index in [4.69, 9.17) is 13.9 Å². The van der Waals surface area contributed by atoms with Crippen LogP contribution in [0.2, 0.25) is 0 Å². The number of fused-ring (bicyclic) bond motifs is 1. The van der Waals surface area contributed by atoms with Gasteiger partial charge < -0.3 is 13.9 Å². The molecule has 0 N–H and O–H groups in total. The third-order valence-electron chi connectivity index (χ3n) is 4.89. The maximum Gasteiger partial charge on any atom is 0.337 e. The third kappa shape index (κ3) is 3.32. The van der Waals surface area contributed by atoms with Gasteiger partial charge in [0, 0.05) is 11.8 Å². The van der Waals surface area contributed by atoms with Crippen molar-refractivity contribution in [1.29, 1.82) is 0 Å². The Morgan fingerprint density at radius 1 is 1.10 bits per heavy atom. The summed E-state index contributed by atoms with van der Waals surface area (Å²) in [6, 6.07) is 17.8. The van der Waals surface area contributed by atoms with Crippen LogP contribution in [0.1, 0.15) is 26.3 Å². The van der Waals surface area contributed by atoms with E-state index >= 15 is 0 Å². The number of hydrogen-bond acceptors (Lipinski definition) is 6. The molecular formula is C24H16N2O5. The van der Waals surface area contributed by atoms with E-state index in [0.29, 0.717) is 28.3 Å². The molecule has 7 nitrogen and oxygen atoms in total. The zero-order valence-corrected chi connectivity index (χ0v) is 16.4. The zero-order valence-electron chi connectivity index (χ0n) is 16.4. The first-order valence-electron chi connectivity index (χ1n) is 9.49. The van der Waals surface area contributed by atoms with Crippen molar-refractivity contribution in [3.8, 4) is 22.9 Å². The fraction of sp³-hybridized carbons (Fsp3) is 0.0417. The van der Waals surface area contributed by atoms with Crippen molar-refractivity contribution in [2.45, 2.75) is 0 Å². The number of ether oxygens (including phenoxy) is 2. The number of esters is 1. The molecule has 2 aromatic carbocycles. The second-order valence-electron chi connectivity index (χ2n) is 6.83. The lowest BCUT2D eigenvalue weighted by atomic mass is 10.1. The highest BCUT2D eigenvalue weighted by Gasteiger charge is 2.29. The number of aromatic nitrogens is 2. The fourth-order valence-electron chi connectivity index (χ4n) is 3.39. The Labute approximate surface area is 177 Å². The number of allylic oxidation sites excluding steroid dienone is 1. The Balaban J connectivity index is 1.56. The van der Waals surface area contributed by atoms with E-state index in [0.717, 1.165) is 5.69 Å². The number of Topliss-reactive ketones (excluding diaryl/α,β-unsaturated/α-hetero) is 1. The molecule has 152 valence electrons. The first-order valence-corrected chi connectivity index (χ1v) is 9.49. The quantitative estimate of drug-likeness (QED) is 0.362. The molecule has 0 unspecified atom stereocenters. The smallest absolute Gasteiger partial charge is 0.337 e. The van der Waals surface area contributed by atoms with Crippen LogP contribution in [0.25, 0.3) is 23.2 Å². The van der Waals surface area contributed by atoms with E-state index in [1.807, 2.05) is 30.3 Å². The zero-order chi connectivity index (χ0) is 21.4. The molecule has 4 aromatic rings. The standard InChI is InChI=1S/C24H16N2O5/c1-29-24(28)15-9-10-19-18(12-15)23(27)21(31-19)13-16-14-26(17-6-3-2-4-7-17)25-22(16)20-8-5-11-30-20/h2-14H,1H3. The van der Waals surface area contributed by atoms with Gasteiger partial charge in [-0.1, -0.05) is 18.2 Å². The summed E-state index contributed by atoms with van der Waals surface area (Å²) in [7, 11) is 1.29. The van der Waals surface area contributed by atoms with Gasteiger partial charge in [-0.25, -0.2) is 9.48 Å². The van der Waals surface area contributed by atoms with Crippen LogP contribution in [-0.4, -0.2) is 28.6 Å². The highest BCUT2D eigenvalue weighted by Crippen LogP contribution is 2.34. The molecule has 0 radical (unpaired) electrons. The molecular weight excluding hydrogens is 396 g/mol. The van der Waals surface area contributed by atoms with Gasteiger partial charge in [0.2, 0.25) is 5.78 Å². The van der Waals surface area contributed by atoms with Gasteiger partial charge in [-0.2, -0.15) is 5.10 Å². The maximum atomic E-state index is 12.9. The summed E-state index contributed by atoms with van der Waals surface area (Å²) >= 11 is 0. The molecule has 0 bridgehead atoms. The Morgan fingerprint density at radius 2 is 1.94 bits per heavy atom. The van der Waals surface area contributed by atoms with Crippen LogP contribution in [-0.2, 0) is 4.74 Å². The molecule has 31 heavy (non-hydrogen) atoms. The predicted molar refractivity (Wildman–Crippen MR) is 112 cm³/mol. The Bertz CT molecular complexity index is 1320. The first kappa shape index (κ1) is 18.6. The van der Waals surface area contributed by atoms with E-state index in [1.165, 1.54) is 13.2 Å². The largest absolute Gasteiger partial charge is 0.465 e. The van der Waals surface area contributed by atoms with Crippen LogP contribution in [0.15, 0.2) is 83.3 Å². The summed E-state index contributed by atoms with van der Waals surface area (Å²) in [5.74, 6) is 0.254. The lowest BCUT2D eigenvalue weighted by Gasteiger charge is -2.00. The Morgan fingerprint density at radius 3 is 2.68 bits per heavy atom. The molecule has 1 aliphatic rings. The van der Waals surface area contributed by atoms with E-state index in [-0.39, 0.29) is 17.1 Å². The second-order valence-corrected chi connectivity index (χ2v) is 6.83. The minimum absolute atomic E-state index is 0.137. The van der Waals surface area contributed by atoms with Crippen LogP contribution < -0.4 is 4.74 Å². The Hall–Kier alpha value is -4.39. The van der Waals surface area contributed by atoms with Crippen molar-refractivity contribution in [3.05, 3.63) is 95.6 Å². The summed E-state index contributed by atoms with van der Waals surface area (Å²) in [4.78, 5) is 24.7. The lowest BCUT2D eigenvalue weighted by molar-refractivity contribution is 0.0600. The average molecular weight is 412 g/mol. The summed E-state index contributed by atoms with van der Waals surface area (Å²) in [6.45, 7) is 0. The van der Waals surface area contributed by atoms with Crippen LogP contribution in [0.4, 0.5) is 0 Å². The van der Waals surface area contributed by atoms with E-state index in [1.54, 1.807) is 47.5 Å². The molecule has 2 aromatic heterocycles. The molecule has 0 fully saturated rings. The number of para-hydroxylation sites is 1. The van der Waals surface area contributed by atoms with Crippen molar-refractivity contribution in [2.75, 3.05) is 7.11 Å². The molecule has 0 saturated heterocycles. The first-order chi connectivity index (χ1) is 15.1. The van der Waals surface area contributed by atoms with Gasteiger partial charge in [-0.15, -0.1) is 0 Å². The number of rotatable bonds is 4. The summed E-state index contributed by atoms with van der Waals surface area (Å²) in [5, 5.41) is 4.64. The number of hydrogen-bond donors (Lipinski definition) is 0. The van der Waals surface area contributed by atoms with Crippen molar-refractivity contribution >= 4 is 17.8 Å². The molecule has 7 heteroatoms. The van der Waals surface area contributed by atoms with E-state index in [2.05, 4.69) is 5.10 Å². The van der Waals surface area contributed by atoms with Gasteiger partial charge in [0.05, 0.1) is 30.2 Å². The van der Waals surface area contributed by atoms with Crippen LogP contribution in [0.5, 0.6) is 5.75 Å². The topological polar surface area (TPSA) is 83.6 Å². The average Bonchev–Trinajstić information content (AvgIpc) is 3.54. The van der Waals surface area contributed by atoms with E-state index < -0.39 is 5.97 Å². The molecule has 0 spiro atoms. The number of furan rings is 1. The van der Waals surface area contributed by atoms with Gasteiger partial charge in [-0.05, 0) is 48.5 Å². The van der Waals surface area contributed by atoms with Gasteiger partial charge >= 0.3 is 5.97 Å². The van der Waals surface area contributed by atoms with Gasteiger partial charge in [0.25, 0.3) is 0 Å². The minimum atomic E-state index is -0.516.